The molecule has 0 aliphatic rings. The van der Waals surface area contributed by atoms with Crippen LogP contribution in [0.4, 0.5) is 0 Å². The highest BCUT2D eigenvalue weighted by atomic mass is 79.9. The highest BCUT2D eigenvalue weighted by molar-refractivity contribution is 9.10. The Balaban J connectivity index is 1.92. The smallest absolute Gasteiger partial charge is 0.261 e. The molecule has 5 nitrogen and oxygen atoms in total. The number of halogens is 3. The maximum atomic E-state index is 13.6. The highest BCUT2D eigenvalue weighted by Crippen LogP contribution is 2.28. The number of hydrogen-bond donors (Lipinski definition) is 1. The van der Waals surface area contributed by atoms with Gasteiger partial charge in [0, 0.05) is 29.1 Å². The number of nitrogens with zero attached hydrogens (tertiary/aromatic N) is 1. The Morgan fingerprint density at radius 2 is 1.63 bits per heavy atom. The molecule has 3 rings (SSSR count). The van der Waals surface area contributed by atoms with E-state index in [0.29, 0.717) is 26.7 Å². The van der Waals surface area contributed by atoms with Gasteiger partial charge in [0.15, 0.2) is 6.61 Å². The van der Waals surface area contributed by atoms with Crippen molar-refractivity contribution >= 4 is 50.9 Å². The Morgan fingerprint density at radius 3 is 2.29 bits per heavy atom. The zero-order valence-corrected chi connectivity index (χ0v) is 22.6. The Morgan fingerprint density at radius 1 is 0.943 bits per heavy atom. The van der Waals surface area contributed by atoms with Crippen LogP contribution in [0.15, 0.2) is 77.3 Å². The molecule has 3 aromatic carbocycles. The Hall–Kier alpha value is -2.54. The van der Waals surface area contributed by atoms with Gasteiger partial charge < -0.3 is 15.0 Å². The second-order valence-corrected chi connectivity index (χ2v) is 10.1. The summed E-state index contributed by atoms with van der Waals surface area (Å²) < 4.78 is 6.44. The molecule has 0 fully saturated rings. The van der Waals surface area contributed by atoms with Crippen LogP contribution in [-0.4, -0.2) is 35.4 Å². The molecule has 1 atom stereocenters. The van der Waals surface area contributed by atoms with Gasteiger partial charge in [0.05, 0.1) is 4.47 Å². The lowest BCUT2D eigenvalue weighted by Crippen LogP contribution is -2.52. The normalized spacial score (nSPS) is 11.7. The quantitative estimate of drug-likeness (QED) is 0.308. The first-order valence-corrected chi connectivity index (χ1v) is 12.7. The number of nitrogens with one attached hydrogen (secondary N) is 1. The van der Waals surface area contributed by atoms with E-state index in [-0.39, 0.29) is 31.0 Å². The van der Waals surface area contributed by atoms with Crippen LogP contribution in [0.1, 0.15) is 25.0 Å². The van der Waals surface area contributed by atoms with E-state index in [1.54, 1.807) is 35.2 Å². The van der Waals surface area contributed by atoms with E-state index in [4.69, 9.17) is 27.9 Å². The molecule has 0 saturated carbocycles. The molecular formula is C27H27BrCl2N2O3. The van der Waals surface area contributed by atoms with Crippen molar-refractivity contribution in [3.8, 4) is 5.75 Å². The summed E-state index contributed by atoms with van der Waals surface area (Å²) in [6, 6.07) is 21.1. The van der Waals surface area contributed by atoms with Gasteiger partial charge in [-0.05, 0) is 71.2 Å². The Kier molecular flexibility index (Phi) is 10.0. The maximum absolute atomic E-state index is 13.6. The number of hydrogen-bond acceptors (Lipinski definition) is 3. The van der Waals surface area contributed by atoms with E-state index < -0.39 is 6.04 Å². The molecule has 0 saturated heterocycles. The molecule has 0 aromatic heterocycles. The zero-order valence-electron chi connectivity index (χ0n) is 19.5. The fraction of sp³-hybridized carbons (Fsp3) is 0.259. The molecular weight excluding hydrogens is 551 g/mol. The number of amides is 2. The van der Waals surface area contributed by atoms with Crippen LogP contribution in [0, 0.1) is 0 Å². The molecule has 35 heavy (non-hydrogen) atoms. The lowest BCUT2D eigenvalue weighted by molar-refractivity contribution is -0.143. The molecule has 1 N–H and O–H groups in total. The van der Waals surface area contributed by atoms with Crippen molar-refractivity contribution in [3.63, 3.8) is 0 Å². The summed E-state index contributed by atoms with van der Waals surface area (Å²) in [4.78, 5) is 28.4. The molecule has 0 aliphatic heterocycles. The van der Waals surface area contributed by atoms with Crippen LogP contribution < -0.4 is 10.1 Å². The van der Waals surface area contributed by atoms with Crippen molar-refractivity contribution in [2.45, 2.75) is 38.9 Å². The first-order chi connectivity index (χ1) is 16.7. The van der Waals surface area contributed by atoms with Gasteiger partial charge in [0.1, 0.15) is 11.8 Å². The summed E-state index contributed by atoms with van der Waals surface area (Å²) in [5.74, 6) is -0.0738. The summed E-state index contributed by atoms with van der Waals surface area (Å²) >= 11 is 15.6. The predicted molar refractivity (Wildman–Crippen MR) is 144 cm³/mol. The Labute approximate surface area is 224 Å². The zero-order chi connectivity index (χ0) is 25.4. The molecule has 184 valence electrons. The molecule has 0 radical (unpaired) electrons. The third-order valence-electron chi connectivity index (χ3n) is 5.19. The van der Waals surface area contributed by atoms with E-state index in [2.05, 4.69) is 21.2 Å². The molecule has 0 spiro atoms. The summed E-state index contributed by atoms with van der Waals surface area (Å²) in [5, 5.41) is 4.07. The van der Waals surface area contributed by atoms with Crippen LogP contribution >= 0.6 is 39.1 Å². The molecule has 0 unspecified atom stereocenters. The van der Waals surface area contributed by atoms with Crippen molar-refractivity contribution in [3.05, 3.63) is 98.4 Å². The lowest BCUT2D eigenvalue weighted by Gasteiger charge is -2.32. The maximum Gasteiger partial charge on any atom is 0.261 e. The van der Waals surface area contributed by atoms with Crippen molar-refractivity contribution in [1.29, 1.82) is 0 Å². The van der Waals surface area contributed by atoms with Crippen molar-refractivity contribution in [1.82, 2.24) is 10.2 Å². The molecule has 2 amide bonds. The summed E-state index contributed by atoms with van der Waals surface area (Å²) in [6.07, 6.45) is 0.357. The third-order valence-corrected chi connectivity index (χ3v) is 6.28. The van der Waals surface area contributed by atoms with E-state index in [9.17, 15) is 9.59 Å². The molecule has 0 heterocycles. The second-order valence-electron chi connectivity index (χ2n) is 8.38. The van der Waals surface area contributed by atoms with Gasteiger partial charge in [0.2, 0.25) is 5.91 Å². The first-order valence-electron chi connectivity index (χ1n) is 11.2. The van der Waals surface area contributed by atoms with Gasteiger partial charge in [-0.2, -0.15) is 0 Å². The van der Waals surface area contributed by atoms with Crippen LogP contribution in [0.25, 0.3) is 0 Å². The molecule has 0 aliphatic carbocycles. The monoisotopic (exact) mass is 576 g/mol. The van der Waals surface area contributed by atoms with Crippen molar-refractivity contribution < 1.29 is 14.3 Å². The largest absolute Gasteiger partial charge is 0.483 e. The van der Waals surface area contributed by atoms with Gasteiger partial charge in [-0.15, -0.1) is 0 Å². The second kappa shape index (κ2) is 13.0. The van der Waals surface area contributed by atoms with Gasteiger partial charge in [0.25, 0.3) is 5.91 Å². The van der Waals surface area contributed by atoms with Crippen LogP contribution in [-0.2, 0) is 22.6 Å². The lowest BCUT2D eigenvalue weighted by atomic mass is 10.0. The summed E-state index contributed by atoms with van der Waals surface area (Å²) in [6.45, 7) is 3.73. The van der Waals surface area contributed by atoms with Gasteiger partial charge >= 0.3 is 0 Å². The molecule has 8 heteroatoms. The minimum absolute atomic E-state index is 0.0785. The number of benzene rings is 3. The molecule has 3 aromatic rings. The fourth-order valence-corrected chi connectivity index (χ4v) is 4.59. The van der Waals surface area contributed by atoms with E-state index >= 15 is 0 Å². The minimum Gasteiger partial charge on any atom is -0.483 e. The number of ether oxygens (including phenoxy) is 1. The average molecular weight is 578 g/mol. The number of carbonyl (C=O) groups excluding carboxylic acids is 2. The molecule has 0 bridgehead atoms. The van der Waals surface area contributed by atoms with Crippen molar-refractivity contribution in [2.75, 3.05) is 6.61 Å². The fourth-order valence-electron chi connectivity index (χ4n) is 3.58. The number of rotatable bonds is 10. The van der Waals surface area contributed by atoms with Crippen LogP contribution in [0.5, 0.6) is 5.75 Å². The highest BCUT2D eigenvalue weighted by Gasteiger charge is 2.31. The van der Waals surface area contributed by atoms with Crippen molar-refractivity contribution in [2.24, 2.45) is 0 Å². The summed E-state index contributed by atoms with van der Waals surface area (Å²) in [5.41, 5.74) is 1.76. The predicted octanol–water partition coefficient (Wildman–Crippen LogP) is 6.30. The van der Waals surface area contributed by atoms with Gasteiger partial charge in [-0.25, -0.2) is 0 Å². The Bertz CT molecular complexity index is 1160. The van der Waals surface area contributed by atoms with Gasteiger partial charge in [-0.3, -0.25) is 9.59 Å². The third kappa shape index (κ3) is 8.27. The average Bonchev–Trinajstić information content (AvgIpc) is 2.81. The topological polar surface area (TPSA) is 58.6 Å². The standard InChI is InChI=1S/C27H27BrCl2N2O3/c1-18(2)31-27(34)24(14-19-7-4-3-5-8-19)32(16-20-9-6-10-21(29)13-20)26(33)17-35-25-12-11-22(30)15-23(25)28/h3-13,15,18,24H,14,16-17H2,1-2H3,(H,31,34)/t24-/m0/s1. The van der Waals surface area contributed by atoms with E-state index in [1.165, 1.54) is 0 Å². The van der Waals surface area contributed by atoms with Crippen LogP contribution in [0.2, 0.25) is 10.0 Å². The van der Waals surface area contributed by atoms with Gasteiger partial charge in [-0.1, -0.05) is 65.7 Å². The minimum atomic E-state index is -0.747. The van der Waals surface area contributed by atoms with E-state index in [0.717, 1.165) is 11.1 Å². The number of carbonyl (C=O) groups is 2. The first kappa shape index (κ1) is 27.1. The van der Waals surface area contributed by atoms with Crippen LogP contribution in [0.3, 0.4) is 0 Å². The van der Waals surface area contributed by atoms with E-state index in [1.807, 2.05) is 56.3 Å². The SMILES string of the molecule is CC(C)NC(=O)[C@H](Cc1ccccc1)N(Cc1cccc(Cl)c1)C(=O)COc1ccc(Cl)cc1Br. The summed E-state index contributed by atoms with van der Waals surface area (Å²) in [7, 11) is 0.